The molecule has 0 saturated heterocycles. The van der Waals surface area contributed by atoms with Crippen molar-refractivity contribution in [2.75, 3.05) is 0 Å². The van der Waals surface area contributed by atoms with Crippen LogP contribution in [-0.2, 0) is 0 Å². The number of aryl methyl sites for hydroxylation is 1. The molecule has 1 atom stereocenters. The fraction of sp³-hybridized carbons (Fsp3) is 0.200. The van der Waals surface area contributed by atoms with Crippen molar-refractivity contribution in [3.05, 3.63) is 56.5 Å². The lowest BCUT2D eigenvalue weighted by Crippen LogP contribution is -2.04. The smallest absolute Gasteiger partial charge is 0.141 e. The van der Waals surface area contributed by atoms with E-state index < -0.39 is 0 Å². The van der Waals surface area contributed by atoms with Crippen LogP contribution in [0.25, 0.3) is 0 Å². The molecule has 2 N–H and O–H groups in total. The Bertz CT molecular complexity index is 597. The van der Waals surface area contributed by atoms with Crippen LogP contribution in [0.3, 0.4) is 0 Å². The molecule has 0 spiro atoms. The Morgan fingerprint density at radius 1 is 1.05 bits per heavy atom. The van der Waals surface area contributed by atoms with E-state index in [1.54, 1.807) is 0 Å². The minimum atomic E-state index is 0.0137. The van der Waals surface area contributed by atoms with Crippen LogP contribution >= 0.6 is 31.9 Å². The molecule has 0 aliphatic rings. The van der Waals surface area contributed by atoms with E-state index in [2.05, 4.69) is 31.9 Å². The molecule has 4 heteroatoms. The summed E-state index contributed by atoms with van der Waals surface area (Å²) in [5.41, 5.74) is 8.02. The Morgan fingerprint density at radius 2 is 1.74 bits per heavy atom. The van der Waals surface area contributed by atoms with E-state index in [1.807, 2.05) is 50.2 Å². The predicted molar refractivity (Wildman–Crippen MR) is 85.7 cm³/mol. The Balaban J connectivity index is 2.28. The summed E-state index contributed by atoms with van der Waals surface area (Å²) in [6.45, 7) is 3.98. The summed E-state index contributed by atoms with van der Waals surface area (Å²) in [4.78, 5) is 0. The zero-order valence-electron chi connectivity index (χ0n) is 10.8. The molecule has 0 aliphatic heterocycles. The van der Waals surface area contributed by atoms with E-state index in [0.717, 1.165) is 31.6 Å². The second-order valence-electron chi connectivity index (χ2n) is 4.49. The fourth-order valence-electron chi connectivity index (χ4n) is 1.73. The molecule has 2 aromatic rings. The summed E-state index contributed by atoms with van der Waals surface area (Å²) in [5, 5.41) is 0. The highest BCUT2D eigenvalue weighted by Crippen LogP contribution is 2.33. The molecule has 0 saturated carbocycles. The molecule has 0 unspecified atom stereocenters. The zero-order chi connectivity index (χ0) is 14.0. The normalized spacial score (nSPS) is 12.3. The van der Waals surface area contributed by atoms with Gasteiger partial charge in [0.25, 0.3) is 0 Å². The maximum Gasteiger partial charge on any atom is 0.141 e. The maximum atomic E-state index is 5.92. The van der Waals surface area contributed by atoms with Gasteiger partial charge in [-0.25, -0.2) is 0 Å². The number of rotatable bonds is 3. The Kier molecular flexibility index (Phi) is 4.66. The Labute approximate surface area is 130 Å². The molecule has 2 aromatic carbocycles. The Morgan fingerprint density at radius 3 is 2.32 bits per heavy atom. The predicted octanol–water partition coefficient (Wildman–Crippen LogP) is 5.33. The summed E-state index contributed by atoms with van der Waals surface area (Å²) in [7, 11) is 0. The van der Waals surface area contributed by atoms with E-state index in [-0.39, 0.29) is 6.04 Å². The second-order valence-corrected chi connectivity index (χ2v) is 6.26. The topological polar surface area (TPSA) is 35.2 Å². The van der Waals surface area contributed by atoms with Crippen LogP contribution < -0.4 is 10.5 Å². The molecule has 0 radical (unpaired) electrons. The van der Waals surface area contributed by atoms with Gasteiger partial charge in [-0.15, -0.1) is 0 Å². The van der Waals surface area contributed by atoms with Crippen molar-refractivity contribution in [2.24, 2.45) is 5.73 Å². The summed E-state index contributed by atoms with van der Waals surface area (Å²) >= 11 is 6.97. The molecule has 0 bridgehead atoms. The minimum absolute atomic E-state index is 0.0137. The van der Waals surface area contributed by atoms with Crippen LogP contribution in [0.5, 0.6) is 11.5 Å². The van der Waals surface area contributed by atoms with Crippen LogP contribution in [0.1, 0.15) is 24.1 Å². The molecule has 2 rings (SSSR count). The first-order valence-corrected chi connectivity index (χ1v) is 7.55. The quantitative estimate of drug-likeness (QED) is 0.775. The van der Waals surface area contributed by atoms with Gasteiger partial charge in [0, 0.05) is 10.5 Å². The first kappa shape index (κ1) is 14.6. The standard InChI is InChI=1S/C15H15Br2NO/c1-9-7-12(16)4-6-14(9)19-15-5-3-11(10(2)18)8-13(15)17/h3-8,10H,18H2,1-2H3/t10-/m0/s1. The van der Waals surface area contributed by atoms with Crippen LogP contribution in [0.15, 0.2) is 45.3 Å². The van der Waals surface area contributed by atoms with Crippen molar-refractivity contribution < 1.29 is 4.74 Å². The molecule has 0 aromatic heterocycles. The van der Waals surface area contributed by atoms with Crippen LogP contribution in [0.2, 0.25) is 0 Å². The number of hydrogen-bond acceptors (Lipinski definition) is 2. The summed E-state index contributed by atoms with van der Waals surface area (Å²) in [6.07, 6.45) is 0. The van der Waals surface area contributed by atoms with Crippen molar-refractivity contribution in [1.29, 1.82) is 0 Å². The van der Waals surface area contributed by atoms with Gasteiger partial charge in [-0.3, -0.25) is 0 Å². The van der Waals surface area contributed by atoms with Gasteiger partial charge in [-0.2, -0.15) is 0 Å². The highest BCUT2D eigenvalue weighted by Gasteiger charge is 2.08. The average molecular weight is 385 g/mol. The lowest BCUT2D eigenvalue weighted by atomic mass is 10.1. The minimum Gasteiger partial charge on any atom is -0.456 e. The third-order valence-electron chi connectivity index (χ3n) is 2.84. The second kappa shape index (κ2) is 6.07. The first-order valence-electron chi connectivity index (χ1n) is 5.96. The molecule has 100 valence electrons. The number of hydrogen-bond donors (Lipinski definition) is 1. The first-order chi connectivity index (χ1) is 8.97. The van der Waals surface area contributed by atoms with Gasteiger partial charge in [0.05, 0.1) is 4.47 Å². The van der Waals surface area contributed by atoms with Gasteiger partial charge in [0.1, 0.15) is 11.5 Å². The van der Waals surface area contributed by atoms with Gasteiger partial charge in [0.2, 0.25) is 0 Å². The number of halogens is 2. The summed E-state index contributed by atoms with van der Waals surface area (Å²) < 4.78 is 7.87. The fourth-order valence-corrected chi connectivity index (χ4v) is 2.68. The van der Waals surface area contributed by atoms with Gasteiger partial charge in [-0.1, -0.05) is 22.0 Å². The molecule has 0 heterocycles. The van der Waals surface area contributed by atoms with Crippen molar-refractivity contribution in [1.82, 2.24) is 0 Å². The summed E-state index contributed by atoms with van der Waals surface area (Å²) in [6, 6.07) is 11.9. The summed E-state index contributed by atoms with van der Waals surface area (Å²) in [5.74, 6) is 1.63. The highest BCUT2D eigenvalue weighted by molar-refractivity contribution is 9.10. The molecular formula is C15H15Br2NO. The van der Waals surface area contributed by atoms with Gasteiger partial charge in [0.15, 0.2) is 0 Å². The van der Waals surface area contributed by atoms with Crippen LogP contribution in [-0.4, -0.2) is 0 Å². The van der Waals surface area contributed by atoms with Crippen molar-refractivity contribution in [3.63, 3.8) is 0 Å². The van der Waals surface area contributed by atoms with Crippen molar-refractivity contribution in [3.8, 4) is 11.5 Å². The third kappa shape index (κ3) is 3.59. The van der Waals surface area contributed by atoms with Crippen molar-refractivity contribution >= 4 is 31.9 Å². The van der Waals surface area contributed by atoms with Gasteiger partial charge < -0.3 is 10.5 Å². The van der Waals surface area contributed by atoms with E-state index >= 15 is 0 Å². The molecule has 0 amide bonds. The van der Waals surface area contributed by atoms with Crippen LogP contribution in [0.4, 0.5) is 0 Å². The zero-order valence-corrected chi connectivity index (χ0v) is 14.0. The monoisotopic (exact) mass is 383 g/mol. The van der Waals surface area contributed by atoms with E-state index in [9.17, 15) is 0 Å². The van der Waals surface area contributed by atoms with Crippen molar-refractivity contribution in [2.45, 2.75) is 19.9 Å². The lowest BCUT2D eigenvalue weighted by Gasteiger charge is -2.13. The largest absolute Gasteiger partial charge is 0.456 e. The van der Waals surface area contributed by atoms with E-state index in [1.165, 1.54) is 0 Å². The Hall–Kier alpha value is -0.840. The molecule has 0 aliphatic carbocycles. The maximum absolute atomic E-state index is 5.92. The van der Waals surface area contributed by atoms with E-state index in [0.29, 0.717) is 0 Å². The molecule has 19 heavy (non-hydrogen) atoms. The van der Waals surface area contributed by atoms with Gasteiger partial charge in [-0.05, 0) is 71.2 Å². The average Bonchev–Trinajstić information content (AvgIpc) is 2.34. The highest BCUT2D eigenvalue weighted by atomic mass is 79.9. The molecule has 0 fully saturated rings. The number of benzene rings is 2. The third-order valence-corrected chi connectivity index (χ3v) is 3.95. The molecular weight excluding hydrogens is 370 g/mol. The van der Waals surface area contributed by atoms with Gasteiger partial charge >= 0.3 is 0 Å². The lowest BCUT2D eigenvalue weighted by molar-refractivity contribution is 0.475. The van der Waals surface area contributed by atoms with Crippen LogP contribution in [0, 0.1) is 6.92 Å². The SMILES string of the molecule is Cc1cc(Br)ccc1Oc1ccc([C@H](C)N)cc1Br. The van der Waals surface area contributed by atoms with E-state index in [4.69, 9.17) is 10.5 Å². The number of ether oxygens (including phenoxy) is 1. The molecule has 2 nitrogen and oxygen atoms in total. The number of nitrogens with two attached hydrogens (primary N) is 1.